The zero-order valence-electron chi connectivity index (χ0n) is 12.5. The van der Waals surface area contributed by atoms with Gasteiger partial charge >= 0.3 is 0 Å². The third kappa shape index (κ3) is 2.79. The Balaban J connectivity index is 1.74. The Bertz CT molecular complexity index is 625. The molecule has 3 rings (SSSR count). The first kappa shape index (κ1) is 14.8. The molecule has 1 aliphatic carbocycles. The molecular formula is C17H21BrN2O. The van der Waals surface area contributed by atoms with Crippen LogP contribution in [-0.2, 0) is 32.7 Å². The first-order valence-electron chi connectivity index (χ1n) is 7.55. The third-order valence-corrected chi connectivity index (χ3v) is 5.45. The number of hydrogen-bond acceptors (Lipinski definition) is 2. The lowest BCUT2D eigenvalue weighted by Crippen LogP contribution is -2.24. The summed E-state index contributed by atoms with van der Waals surface area (Å²) >= 11 is 3.63. The van der Waals surface area contributed by atoms with Crippen molar-refractivity contribution in [1.29, 1.82) is 0 Å². The number of aliphatic hydroxyl groups excluding tert-OH is 1. The second kappa shape index (κ2) is 5.93. The fourth-order valence-corrected chi connectivity index (χ4v) is 4.05. The molecule has 0 saturated heterocycles. The summed E-state index contributed by atoms with van der Waals surface area (Å²) in [7, 11) is 1.95. The Hall–Kier alpha value is -1.13. The van der Waals surface area contributed by atoms with Crippen LogP contribution in [-0.4, -0.2) is 21.0 Å². The summed E-state index contributed by atoms with van der Waals surface area (Å²) in [5.74, 6) is 0.314. The molecule has 4 heteroatoms. The van der Waals surface area contributed by atoms with Crippen LogP contribution in [0, 0.1) is 5.92 Å². The minimum atomic E-state index is -0.325. The van der Waals surface area contributed by atoms with Gasteiger partial charge in [-0.15, -0.1) is 0 Å². The van der Waals surface area contributed by atoms with Crippen LogP contribution in [0.25, 0.3) is 0 Å². The van der Waals surface area contributed by atoms with Gasteiger partial charge in [0.2, 0.25) is 0 Å². The highest BCUT2D eigenvalue weighted by molar-refractivity contribution is 9.10. The maximum Gasteiger partial charge on any atom is 0.0766 e. The Morgan fingerprint density at radius 1 is 1.33 bits per heavy atom. The van der Waals surface area contributed by atoms with E-state index < -0.39 is 0 Å². The molecule has 1 aliphatic rings. The third-order valence-electron chi connectivity index (χ3n) is 4.53. The lowest BCUT2D eigenvalue weighted by molar-refractivity contribution is 0.110. The lowest BCUT2D eigenvalue weighted by Gasteiger charge is -2.18. The van der Waals surface area contributed by atoms with E-state index in [4.69, 9.17) is 0 Å². The van der Waals surface area contributed by atoms with Crippen molar-refractivity contribution in [3.63, 3.8) is 0 Å². The molecule has 0 radical (unpaired) electrons. The first-order valence-corrected chi connectivity index (χ1v) is 8.34. The highest BCUT2D eigenvalue weighted by atomic mass is 79.9. The van der Waals surface area contributed by atoms with Crippen LogP contribution in [0.3, 0.4) is 0 Å². The van der Waals surface area contributed by atoms with Crippen molar-refractivity contribution in [1.82, 2.24) is 9.78 Å². The van der Waals surface area contributed by atoms with Crippen molar-refractivity contribution in [3.05, 3.63) is 51.3 Å². The number of fused-ring (bicyclic) bond motifs is 1. The fourth-order valence-electron chi connectivity index (χ4n) is 3.27. The molecule has 1 unspecified atom stereocenters. The van der Waals surface area contributed by atoms with Crippen LogP contribution in [0.5, 0.6) is 0 Å². The molecule has 0 bridgehead atoms. The van der Waals surface area contributed by atoms with Crippen molar-refractivity contribution in [2.24, 2.45) is 13.0 Å². The predicted octanol–water partition coefficient (Wildman–Crippen LogP) is 3.06. The maximum absolute atomic E-state index is 10.6. The maximum atomic E-state index is 10.6. The standard InChI is InChI=1S/C17H21BrN2O/c1-3-14-17(18)15(20(2)19-14)10-16(21)13-8-11-6-4-5-7-12(11)9-13/h4-7,13,16,21H,3,8-10H2,1-2H3. The van der Waals surface area contributed by atoms with E-state index in [-0.39, 0.29) is 6.10 Å². The molecule has 1 N–H and O–H groups in total. The van der Waals surface area contributed by atoms with Crippen molar-refractivity contribution >= 4 is 15.9 Å². The fraction of sp³-hybridized carbons (Fsp3) is 0.471. The molecule has 21 heavy (non-hydrogen) atoms. The van der Waals surface area contributed by atoms with Crippen LogP contribution < -0.4 is 0 Å². The van der Waals surface area contributed by atoms with E-state index in [1.807, 2.05) is 11.7 Å². The van der Waals surface area contributed by atoms with E-state index >= 15 is 0 Å². The minimum absolute atomic E-state index is 0.314. The van der Waals surface area contributed by atoms with E-state index in [9.17, 15) is 5.11 Å². The van der Waals surface area contributed by atoms with Gasteiger partial charge in [-0.1, -0.05) is 31.2 Å². The Morgan fingerprint density at radius 2 is 1.95 bits per heavy atom. The van der Waals surface area contributed by atoms with E-state index in [0.29, 0.717) is 12.3 Å². The lowest BCUT2D eigenvalue weighted by atomic mass is 9.95. The minimum Gasteiger partial charge on any atom is -0.392 e. The highest BCUT2D eigenvalue weighted by Gasteiger charge is 2.28. The molecule has 3 nitrogen and oxygen atoms in total. The Labute approximate surface area is 134 Å². The van der Waals surface area contributed by atoms with Crippen molar-refractivity contribution in [3.8, 4) is 0 Å². The van der Waals surface area contributed by atoms with Crippen LogP contribution in [0.4, 0.5) is 0 Å². The van der Waals surface area contributed by atoms with E-state index in [2.05, 4.69) is 52.2 Å². The molecule has 1 aromatic heterocycles. The van der Waals surface area contributed by atoms with Gasteiger partial charge in [-0.3, -0.25) is 4.68 Å². The number of rotatable bonds is 4. The van der Waals surface area contributed by atoms with Gasteiger partial charge < -0.3 is 5.11 Å². The second-order valence-electron chi connectivity index (χ2n) is 5.89. The quantitative estimate of drug-likeness (QED) is 0.921. The van der Waals surface area contributed by atoms with Gasteiger partial charge in [0.05, 0.1) is 22.0 Å². The molecule has 0 amide bonds. The molecule has 112 valence electrons. The normalized spacial score (nSPS) is 16.2. The average molecular weight is 349 g/mol. The van der Waals surface area contributed by atoms with Crippen LogP contribution >= 0.6 is 15.9 Å². The summed E-state index contributed by atoms with van der Waals surface area (Å²) < 4.78 is 2.95. The molecule has 1 aromatic carbocycles. The van der Waals surface area contributed by atoms with Crippen molar-refractivity contribution in [2.45, 2.75) is 38.7 Å². The Morgan fingerprint density at radius 3 is 2.48 bits per heavy atom. The summed E-state index contributed by atoms with van der Waals surface area (Å²) in [6.45, 7) is 2.10. The summed E-state index contributed by atoms with van der Waals surface area (Å²) in [6, 6.07) is 8.52. The molecule has 1 heterocycles. The van der Waals surface area contributed by atoms with E-state index in [0.717, 1.165) is 35.1 Å². The number of nitrogens with zero attached hydrogens (tertiary/aromatic N) is 2. The molecular weight excluding hydrogens is 328 g/mol. The summed E-state index contributed by atoms with van der Waals surface area (Å²) in [4.78, 5) is 0. The molecule has 1 atom stereocenters. The number of hydrogen-bond donors (Lipinski definition) is 1. The highest BCUT2D eigenvalue weighted by Crippen LogP contribution is 2.31. The number of aliphatic hydroxyl groups is 1. The van der Waals surface area contributed by atoms with Gasteiger partial charge in [0, 0.05) is 13.5 Å². The predicted molar refractivity (Wildman–Crippen MR) is 87.3 cm³/mol. The van der Waals surface area contributed by atoms with Crippen LogP contribution in [0.1, 0.15) is 29.4 Å². The number of aryl methyl sites for hydroxylation is 2. The molecule has 0 spiro atoms. The SMILES string of the molecule is CCc1nn(C)c(CC(O)C2Cc3ccccc3C2)c1Br. The van der Waals surface area contributed by atoms with Gasteiger partial charge in [-0.05, 0) is 52.2 Å². The summed E-state index contributed by atoms with van der Waals surface area (Å²) in [5.41, 5.74) is 4.93. The monoisotopic (exact) mass is 348 g/mol. The second-order valence-corrected chi connectivity index (χ2v) is 6.69. The first-order chi connectivity index (χ1) is 10.1. The molecule has 2 aromatic rings. The molecule has 0 saturated carbocycles. The largest absolute Gasteiger partial charge is 0.392 e. The van der Waals surface area contributed by atoms with Crippen molar-refractivity contribution in [2.75, 3.05) is 0 Å². The molecule has 0 fully saturated rings. The summed E-state index contributed by atoms with van der Waals surface area (Å²) in [6.07, 6.45) is 3.19. The van der Waals surface area contributed by atoms with E-state index in [1.54, 1.807) is 0 Å². The Kier molecular flexibility index (Phi) is 4.18. The van der Waals surface area contributed by atoms with Gasteiger partial charge in [0.1, 0.15) is 0 Å². The average Bonchev–Trinajstić information content (AvgIpc) is 3.03. The molecule has 0 aliphatic heterocycles. The van der Waals surface area contributed by atoms with Gasteiger partial charge in [0.15, 0.2) is 0 Å². The number of benzene rings is 1. The number of halogens is 1. The van der Waals surface area contributed by atoms with Crippen LogP contribution in [0.15, 0.2) is 28.7 Å². The van der Waals surface area contributed by atoms with Gasteiger partial charge in [-0.25, -0.2) is 0 Å². The zero-order valence-corrected chi connectivity index (χ0v) is 14.1. The summed E-state index contributed by atoms with van der Waals surface area (Å²) in [5, 5.41) is 15.1. The van der Waals surface area contributed by atoms with E-state index in [1.165, 1.54) is 11.1 Å². The van der Waals surface area contributed by atoms with Gasteiger partial charge in [0.25, 0.3) is 0 Å². The van der Waals surface area contributed by atoms with Crippen LogP contribution in [0.2, 0.25) is 0 Å². The topological polar surface area (TPSA) is 38.0 Å². The smallest absolute Gasteiger partial charge is 0.0766 e. The van der Waals surface area contributed by atoms with Crippen molar-refractivity contribution < 1.29 is 5.11 Å². The zero-order chi connectivity index (χ0) is 15.0. The number of aromatic nitrogens is 2. The van der Waals surface area contributed by atoms with Gasteiger partial charge in [-0.2, -0.15) is 5.10 Å².